The molecule has 1 unspecified atom stereocenters. The Morgan fingerprint density at radius 2 is 1.97 bits per heavy atom. The van der Waals surface area contributed by atoms with Crippen molar-refractivity contribution in [2.24, 2.45) is 11.8 Å². The van der Waals surface area contributed by atoms with Crippen molar-refractivity contribution in [2.45, 2.75) is 51.2 Å². The first-order valence-corrected chi connectivity index (χ1v) is 12.5. The average Bonchev–Trinajstić information content (AvgIpc) is 2.85. The molecule has 1 saturated heterocycles. The normalized spacial score (nSPS) is 27.8. The quantitative estimate of drug-likeness (QED) is 0.447. The number of methoxy groups -OCH3 is 1. The van der Waals surface area contributed by atoms with Gasteiger partial charge in [-0.2, -0.15) is 0 Å². The van der Waals surface area contributed by atoms with E-state index in [9.17, 15) is 9.59 Å². The molecule has 0 N–H and O–H groups in total. The molecule has 34 heavy (non-hydrogen) atoms. The van der Waals surface area contributed by atoms with E-state index < -0.39 is 0 Å². The third-order valence-corrected chi connectivity index (χ3v) is 7.77. The van der Waals surface area contributed by atoms with Crippen LogP contribution in [-0.2, 0) is 14.3 Å². The standard InChI is InChI=1S/C28H38N2O4/c1-5-30(16-17-33-4)26(32)23-8-6-22(7-9-23)24-19-28(12-14-29(20-31)15-13-28)34-27(3)11-10-21(2)18-25(24)27/h6-11,19-21,25H,5,12-18H2,1-4H3/t21-,25?,27-/m1/s1. The molecule has 1 aromatic carbocycles. The highest BCUT2D eigenvalue weighted by atomic mass is 16.5. The molecule has 1 spiro atoms. The molecule has 0 aromatic heterocycles. The van der Waals surface area contributed by atoms with E-state index in [1.165, 1.54) is 5.57 Å². The van der Waals surface area contributed by atoms with Crippen molar-refractivity contribution >= 4 is 17.9 Å². The van der Waals surface area contributed by atoms with E-state index >= 15 is 0 Å². The molecule has 6 nitrogen and oxygen atoms in total. The zero-order valence-electron chi connectivity index (χ0n) is 21.0. The number of benzene rings is 1. The van der Waals surface area contributed by atoms with Crippen LogP contribution in [0.3, 0.4) is 0 Å². The van der Waals surface area contributed by atoms with Crippen molar-refractivity contribution in [2.75, 3.05) is 39.9 Å². The second kappa shape index (κ2) is 10.0. The summed E-state index contributed by atoms with van der Waals surface area (Å²) >= 11 is 0. The molecule has 2 aliphatic heterocycles. The van der Waals surface area contributed by atoms with Crippen LogP contribution in [0, 0.1) is 11.8 Å². The maximum Gasteiger partial charge on any atom is 0.253 e. The number of nitrogens with zero attached hydrogens (tertiary/aromatic N) is 2. The van der Waals surface area contributed by atoms with Crippen molar-refractivity contribution in [3.8, 4) is 0 Å². The van der Waals surface area contributed by atoms with Gasteiger partial charge in [0.2, 0.25) is 6.41 Å². The summed E-state index contributed by atoms with van der Waals surface area (Å²) in [6.07, 6.45) is 10.4. The molecule has 2 amide bonds. The number of amides is 2. The maximum absolute atomic E-state index is 13.0. The SMILES string of the molecule is CCN(CCOC)C(=O)c1ccc(C2=CC3(CCN(C=O)CC3)O[C@]3(C)C=C[C@@H](C)CC23)cc1. The van der Waals surface area contributed by atoms with E-state index in [2.05, 4.69) is 44.2 Å². The van der Waals surface area contributed by atoms with Crippen molar-refractivity contribution in [1.82, 2.24) is 9.80 Å². The predicted molar refractivity (Wildman–Crippen MR) is 133 cm³/mol. The Morgan fingerprint density at radius 3 is 2.59 bits per heavy atom. The number of likely N-dealkylation sites (N-methyl/N-ethyl adjacent to an activating group) is 1. The van der Waals surface area contributed by atoms with Crippen LogP contribution >= 0.6 is 0 Å². The smallest absolute Gasteiger partial charge is 0.253 e. The van der Waals surface area contributed by atoms with Crippen molar-refractivity contribution in [3.05, 3.63) is 53.6 Å². The minimum Gasteiger partial charge on any atom is -0.383 e. The third kappa shape index (κ3) is 4.84. The molecule has 1 aromatic rings. The Morgan fingerprint density at radius 1 is 1.26 bits per heavy atom. The Hall–Kier alpha value is -2.44. The van der Waals surface area contributed by atoms with Gasteiger partial charge in [0, 0.05) is 44.8 Å². The molecule has 3 aliphatic rings. The lowest BCUT2D eigenvalue weighted by Crippen LogP contribution is -2.55. The number of fused-ring (bicyclic) bond motifs is 1. The average molecular weight is 467 g/mol. The van der Waals surface area contributed by atoms with Gasteiger partial charge in [0.15, 0.2) is 0 Å². The summed E-state index contributed by atoms with van der Waals surface area (Å²) in [6, 6.07) is 8.08. The van der Waals surface area contributed by atoms with Gasteiger partial charge in [-0.1, -0.05) is 31.2 Å². The zero-order chi connectivity index (χ0) is 24.3. The summed E-state index contributed by atoms with van der Waals surface area (Å²) < 4.78 is 12.0. The van der Waals surface area contributed by atoms with Gasteiger partial charge in [-0.25, -0.2) is 0 Å². The Kier molecular flexibility index (Phi) is 7.29. The number of piperidine rings is 1. The number of rotatable bonds is 7. The Balaban J connectivity index is 1.65. The second-order valence-corrected chi connectivity index (χ2v) is 10.2. The van der Waals surface area contributed by atoms with E-state index in [0.29, 0.717) is 44.3 Å². The lowest BCUT2D eigenvalue weighted by Gasteiger charge is -2.53. The lowest BCUT2D eigenvalue weighted by atomic mass is 9.67. The molecule has 3 atom stereocenters. The lowest BCUT2D eigenvalue weighted by molar-refractivity contribution is -0.152. The Labute approximate surface area is 203 Å². The highest BCUT2D eigenvalue weighted by molar-refractivity contribution is 5.94. The number of carbonyl (C=O) groups is 2. The Bertz CT molecular complexity index is 946. The zero-order valence-corrected chi connectivity index (χ0v) is 21.0. The number of ether oxygens (including phenoxy) is 2. The molecule has 0 saturated carbocycles. The van der Waals surface area contributed by atoms with E-state index in [1.54, 1.807) is 7.11 Å². The summed E-state index contributed by atoms with van der Waals surface area (Å²) in [4.78, 5) is 27.9. The summed E-state index contributed by atoms with van der Waals surface area (Å²) in [6.45, 7) is 9.61. The maximum atomic E-state index is 13.0. The molecular formula is C28H38N2O4. The van der Waals surface area contributed by atoms with Gasteiger partial charge in [-0.3, -0.25) is 9.59 Å². The fourth-order valence-corrected chi connectivity index (χ4v) is 5.68. The molecule has 4 rings (SSSR count). The van der Waals surface area contributed by atoms with E-state index in [4.69, 9.17) is 9.47 Å². The van der Waals surface area contributed by atoms with Gasteiger partial charge in [0.1, 0.15) is 0 Å². The van der Waals surface area contributed by atoms with E-state index in [-0.39, 0.29) is 23.0 Å². The van der Waals surface area contributed by atoms with Crippen LogP contribution in [0.15, 0.2) is 42.5 Å². The summed E-state index contributed by atoms with van der Waals surface area (Å²) in [7, 11) is 1.65. The van der Waals surface area contributed by atoms with Gasteiger partial charge < -0.3 is 19.3 Å². The van der Waals surface area contributed by atoms with Gasteiger partial charge in [-0.15, -0.1) is 0 Å². The number of likely N-dealkylation sites (tertiary alicyclic amines) is 1. The van der Waals surface area contributed by atoms with Crippen LogP contribution in [0.25, 0.3) is 5.57 Å². The van der Waals surface area contributed by atoms with Gasteiger partial charge in [0.05, 0.1) is 17.8 Å². The van der Waals surface area contributed by atoms with E-state index in [1.807, 2.05) is 28.9 Å². The fourth-order valence-electron chi connectivity index (χ4n) is 5.68. The second-order valence-electron chi connectivity index (χ2n) is 10.2. The van der Waals surface area contributed by atoms with Crippen LogP contribution in [0.5, 0.6) is 0 Å². The molecule has 2 heterocycles. The summed E-state index contributed by atoms with van der Waals surface area (Å²) in [5.41, 5.74) is 2.39. The molecule has 0 radical (unpaired) electrons. The number of hydrogen-bond donors (Lipinski definition) is 0. The van der Waals surface area contributed by atoms with Crippen molar-refractivity contribution in [3.63, 3.8) is 0 Å². The fraction of sp³-hybridized carbons (Fsp3) is 0.571. The summed E-state index contributed by atoms with van der Waals surface area (Å²) in [5.74, 6) is 0.761. The van der Waals surface area contributed by atoms with E-state index in [0.717, 1.165) is 31.2 Å². The first-order valence-electron chi connectivity index (χ1n) is 12.5. The van der Waals surface area contributed by atoms with Crippen molar-refractivity contribution < 1.29 is 19.1 Å². The van der Waals surface area contributed by atoms with Gasteiger partial charge in [-0.05, 0) is 68.4 Å². The molecular weight excluding hydrogens is 428 g/mol. The van der Waals surface area contributed by atoms with Crippen molar-refractivity contribution in [1.29, 1.82) is 0 Å². The molecule has 0 bridgehead atoms. The largest absolute Gasteiger partial charge is 0.383 e. The number of carbonyl (C=O) groups excluding carboxylic acids is 2. The molecule has 184 valence electrons. The molecule has 1 aliphatic carbocycles. The minimum atomic E-state index is -0.381. The highest BCUT2D eigenvalue weighted by Crippen LogP contribution is 2.51. The van der Waals surface area contributed by atoms with Gasteiger partial charge in [0.25, 0.3) is 5.91 Å². The number of allylic oxidation sites excluding steroid dienone is 1. The van der Waals surface area contributed by atoms with Crippen LogP contribution in [0.1, 0.15) is 56.0 Å². The summed E-state index contributed by atoms with van der Waals surface area (Å²) in [5, 5.41) is 0. The topological polar surface area (TPSA) is 59.1 Å². The number of hydrogen-bond acceptors (Lipinski definition) is 4. The first-order chi connectivity index (χ1) is 16.3. The van der Waals surface area contributed by atoms with Crippen LogP contribution in [0.2, 0.25) is 0 Å². The molecule has 1 fully saturated rings. The highest BCUT2D eigenvalue weighted by Gasteiger charge is 2.50. The minimum absolute atomic E-state index is 0.0313. The van der Waals surface area contributed by atoms with Crippen LogP contribution < -0.4 is 0 Å². The third-order valence-electron chi connectivity index (χ3n) is 7.77. The first kappa shape index (κ1) is 24.7. The van der Waals surface area contributed by atoms with Gasteiger partial charge >= 0.3 is 0 Å². The molecule has 6 heteroatoms. The van der Waals surface area contributed by atoms with Crippen LogP contribution in [-0.4, -0.2) is 73.2 Å². The monoisotopic (exact) mass is 466 g/mol. The van der Waals surface area contributed by atoms with Crippen LogP contribution in [0.4, 0.5) is 0 Å². The predicted octanol–water partition coefficient (Wildman–Crippen LogP) is 4.17.